The van der Waals surface area contributed by atoms with E-state index in [0.717, 1.165) is 24.8 Å². The van der Waals surface area contributed by atoms with Crippen LogP contribution in [-0.4, -0.2) is 30.1 Å². The molecule has 0 unspecified atom stereocenters. The van der Waals surface area contributed by atoms with Gasteiger partial charge in [-0.25, -0.2) is 4.98 Å². The van der Waals surface area contributed by atoms with E-state index >= 15 is 0 Å². The Hall–Kier alpha value is -1.03. The molecule has 0 amide bonds. The van der Waals surface area contributed by atoms with Crippen LogP contribution < -0.4 is 10.2 Å². The van der Waals surface area contributed by atoms with Crippen molar-refractivity contribution in [3.8, 4) is 0 Å². The molecule has 0 radical (unpaired) electrons. The molecule has 0 saturated heterocycles. The summed E-state index contributed by atoms with van der Waals surface area (Å²) in [6.45, 7) is 3.87. The highest BCUT2D eigenvalue weighted by Crippen LogP contribution is 2.29. The predicted molar refractivity (Wildman–Crippen MR) is 76.4 cm³/mol. The number of hydrogen-bond acceptors (Lipinski definition) is 4. The molecule has 0 atom stereocenters. The van der Waals surface area contributed by atoms with Gasteiger partial charge in [0.2, 0.25) is 5.95 Å². The first-order valence-electron chi connectivity index (χ1n) is 6.68. The summed E-state index contributed by atoms with van der Waals surface area (Å²) in [4.78, 5) is 10.8. The molecule has 1 saturated carbocycles. The monoisotopic (exact) mass is 268 g/mol. The molecule has 1 aliphatic rings. The van der Waals surface area contributed by atoms with Crippen LogP contribution in [0.4, 0.5) is 11.8 Å². The Morgan fingerprint density at radius 2 is 2.17 bits per heavy atom. The fourth-order valence-electron chi connectivity index (χ4n) is 2.54. The average molecular weight is 269 g/mol. The van der Waals surface area contributed by atoms with Crippen LogP contribution in [-0.2, 0) is 0 Å². The second-order valence-electron chi connectivity index (χ2n) is 4.93. The quantitative estimate of drug-likeness (QED) is 0.890. The Kier molecular flexibility index (Phi) is 4.64. The molecular formula is C13H21ClN4. The maximum Gasteiger partial charge on any atom is 0.224 e. The molecule has 0 aromatic carbocycles. The number of rotatable bonds is 5. The summed E-state index contributed by atoms with van der Waals surface area (Å²) in [6.07, 6.45) is 7.05. The van der Waals surface area contributed by atoms with Gasteiger partial charge in [0.1, 0.15) is 5.02 Å². The fourth-order valence-corrected chi connectivity index (χ4v) is 2.77. The molecule has 100 valence electrons. The highest BCUT2D eigenvalue weighted by molar-refractivity contribution is 6.32. The van der Waals surface area contributed by atoms with Gasteiger partial charge in [0.25, 0.3) is 0 Å². The van der Waals surface area contributed by atoms with E-state index in [1.54, 1.807) is 6.20 Å². The van der Waals surface area contributed by atoms with E-state index in [1.165, 1.54) is 25.7 Å². The molecule has 1 aliphatic carbocycles. The van der Waals surface area contributed by atoms with Crippen molar-refractivity contribution in [1.29, 1.82) is 0 Å². The topological polar surface area (TPSA) is 41.1 Å². The van der Waals surface area contributed by atoms with Gasteiger partial charge in [0, 0.05) is 20.1 Å². The Morgan fingerprint density at radius 1 is 1.44 bits per heavy atom. The minimum atomic E-state index is 0.622. The molecule has 4 nitrogen and oxygen atoms in total. The summed E-state index contributed by atoms with van der Waals surface area (Å²) in [5, 5.41) is 3.74. The molecule has 5 heteroatoms. The second kappa shape index (κ2) is 6.23. The minimum absolute atomic E-state index is 0.622. The number of aromatic nitrogens is 2. The van der Waals surface area contributed by atoms with Gasteiger partial charge < -0.3 is 10.2 Å². The number of nitrogens with zero attached hydrogens (tertiary/aromatic N) is 3. The maximum absolute atomic E-state index is 6.18. The lowest BCUT2D eigenvalue weighted by Gasteiger charge is -2.23. The van der Waals surface area contributed by atoms with Gasteiger partial charge >= 0.3 is 0 Å². The van der Waals surface area contributed by atoms with E-state index in [0.29, 0.717) is 11.0 Å². The second-order valence-corrected chi connectivity index (χ2v) is 5.33. The van der Waals surface area contributed by atoms with Crippen molar-refractivity contribution in [3.63, 3.8) is 0 Å². The minimum Gasteiger partial charge on any atom is -0.358 e. The Labute approximate surface area is 114 Å². The molecule has 1 heterocycles. The van der Waals surface area contributed by atoms with E-state index < -0.39 is 0 Å². The van der Waals surface area contributed by atoms with Crippen molar-refractivity contribution in [3.05, 3.63) is 11.2 Å². The van der Waals surface area contributed by atoms with Gasteiger partial charge in [-0.1, -0.05) is 24.4 Å². The summed E-state index contributed by atoms with van der Waals surface area (Å²) in [5.74, 6) is 2.26. The van der Waals surface area contributed by atoms with Crippen LogP contribution in [0.25, 0.3) is 0 Å². The first-order chi connectivity index (χ1) is 8.70. The molecule has 1 aromatic rings. The van der Waals surface area contributed by atoms with Crippen LogP contribution in [0.3, 0.4) is 0 Å². The van der Waals surface area contributed by atoms with Crippen LogP contribution in [0.1, 0.15) is 32.6 Å². The van der Waals surface area contributed by atoms with Gasteiger partial charge in [0.15, 0.2) is 5.82 Å². The van der Waals surface area contributed by atoms with Crippen molar-refractivity contribution in [2.45, 2.75) is 32.6 Å². The molecule has 0 aliphatic heterocycles. The summed E-state index contributed by atoms with van der Waals surface area (Å²) in [5.41, 5.74) is 0. The third kappa shape index (κ3) is 3.25. The Morgan fingerprint density at radius 3 is 2.83 bits per heavy atom. The molecule has 0 spiro atoms. The zero-order valence-corrected chi connectivity index (χ0v) is 11.9. The molecule has 1 fully saturated rings. The number of nitrogens with one attached hydrogen (secondary N) is 1. The van der Waals surface area contributed by atoms with Crippen molar-refractivity contribution in [2.24, 2.45) is 5.92 Å². The number of anilines is 2. The summed E-state index contributed by atoms with van der Waals surface area (Å²) >= 11 is 6.18. The first kappa shape index (κ1) is 13.4. The van der Waals surface area contributed by atoms with Crippen molar-refractivity contribution >= 4 is 23.4 Å². The van der Waals surface area contributed by atoms with E-state index in [-0.39, 0.29) is 0 Å². The molecule has 2 rings (SSSR count). The van der Waals surface area contributed by atoms with Crippen LogP contribution >= 0.6 is 11.6 Å². The summed E-state index contributed by atoms with van der Waals surface area (Å²) in [6, 6.07) is 0. The molecular weight excluding hydrogens is 248 g/mol. The summed E-state index contributed by atoms with van der Waals surface area (Å²) < 4.78 is 0. The molecule has 1 N–H and O–H groups in total. The zero-order chi connectivity index (χ0) is 13.0. The van der Waals surface area contributed by atoms with Gasteiger partial charge in [-0.2, -0.15) is 4.98 Å². The standard InChI is InChI=1S/C13H21ClN4/c1-3-15-13-16-8-11(14)12(17-13)18(2)9-10-6-4-5-7-10/h8,10H,3-7,9H2,1-2H3,(H,15,16,17). The van der Waals surface area contributed by atoms with E-state index in [2.05, 4.69) is 27.2 Å². The van der Waals surface area contributed by atoms with Crippen molar-refractivity contribution in [1.82, 2.24) is 9.97 Å². The Bertz CT molecular complexity index is 391. The highest BCUT2D eigenvalue weighted by Gasteiger charge is 2.19. The average Bonchev–Trinajstić information content (AvgIpc) is 2.84. The van der Waals surface area contributed by atoms with E-state index in [9.17, 15) is 0 Å². The van der Waals surface area contributed by atoms with Gasteiger partial charge in [-0.05, 0) is 25.7 Å². The lowest BCUT2D eigenvalue weighted by molar-refractivity contribution is 0.545. The van der Waals surface area contributed by atoms with Crippen LogP contribution in [0, 0.1) is 5.92 Å². The molecule has 18 heavy (non-hydrogen) atoms. The SMILES string of the molecule is CCNc1ncc(Cl)c(N(C)CC2CCCC2)n1. The smallest absolute Gasteiger partial charge is 0.224 e. The fraction of sp³-hybridized carbons (Fsp3) is 0.692. The van der Waals surface area contributed by atoms with Gasteiger partial charge in [-0.15, -0.1) is 0 Å². The van der Waals surface area contributed by atoms with Gasteiger partial charge in [-0.3, -0.25) is 0 Å². The first-order valence-corrected chi connectivity index (χ1v) is 7.06. The maximum atomic E-state index is 6.18. The lowest BCUT2D eigenvalue weighted by atomic mass is 10.1. The highest BCUT2D eigenvalue weighted by atomic mass is 35.5. The lowest BCUT2D eigenvalue weighted by Crippen LogP contribution is -2.25. The third-order valence-electron chi connectivity index (χ3n) is 3.43. The number of hydrogen-bond donors (Lipinski definition) is 1. The van der Waals surface area contributed by atoms with E-state index in [1.807, 2.05) is 6.92 Å². The third-order valence-corrected chi connectivity index (χ3v) is 3.70. The van der Waals surface area contributed by atoms with Crippen LogP contribution in [0.2, 0.25) is 5.02 Å². The largest absolute Gasteiger partial charge is 0.358 e. The van der Waals surface area contributed by atoms with Crippen molar-refractivity contribution in [2.75, 3.05) is 30.4 Å². The van der Waals surface area contributed by atoms with Crippen LogP contribution in [0.15, 0.2) is 6.20 Å². The molecule has 1 aromatic heterocycles. The van der Waals surface area contributed by atoms with Crippen molar-refractivity contribution < 1.29 is 0 Å². The summed E-state index contributed by atoms with van der Waals surface area (Å²) in [7, 11) is 2.06. The van der Waals surface area contributed by atoms with Crippen LogP contribution in [0.5, 0.6) is 0 Å². The van der Waals surface area contributed by atoms with Gasteiger partial charge in [0.05, 0.1) is 6.20 Å². The zero-order valence-electron chi connectivity index (χ0n) is 11.1. The predicted octanol–water partition coefficient (Wildman–Crippen LogP) is 3.19. The Balaban J connectivity index is 2.07. The normalized spacial score (nSPS) is 15.9. The molecule has 0 bridgehead atoms. The van der Waals surface area contributed by atoms with E-state index in [4.69, 9.17) is 11.6 Å². The number of halogens is 1.